The molecule has 2 N–H and O–H groups in total. The van der Waals surface area contributed by atoms with Crippen molar-refractivity contribution in [1.29, 1.82) is 0 Å². The summed E-state index contributed by atoms with van der Waals surface area (Å²) >= 11 is 0. The van der Waals surface area contributed by atoms with Crippen molar-refractivity contribution in [2.45, 2.75) is 44.6 Å². The summed E-state index contributed by atoms with van der Waals surface area (Å²) in [5.41, 5.74) is 1.68. The van der Waals surface area contributed by atoms with Gasteiger partial charge in [0.25, 0.3) is 5.92 Å². The van der Waals surface area contributed by atoms with Gasteiger partial charge in [0.05, 0.1) is 5.41 Å². The Morgan fingerprint density at radius 3 is 2.44 bits per heavy atom. The molecule has 0 saturated heterocycles. The van der Waals surface area contributed by atoms with E-state index in [1.807, 2.05) is 54.6 Å². The summed E-state index contributed by atoms with van der Waals surface area (Å²) < 4.78 is 28.3. The standard InChI is InChI=1S/C22H24F2N2O/c23-22(24)19-8-4-5-13-21(19,22)14-20(27)26-18-11-9-16(10-12-18)15-25-17-6-2-1-3-7-17/h1-3,6-7,9-12,19,25H,4-5,8,13-15H2,(H,26,27). The highest BCUT2D eigenvalue weighted by molar-refractivity contribution is 5.91. The van der Waals surface area contributed by atoms with Crippen molar-refractivity contribution in [3.8, 4) is 0 Å². The van der Waals surface area contributed by atoms with Gasteiger partial charge >= 0.3 is 0 Å². The van der Waals surface area contributed by atoms with Gasteiger partial charge in [0.2, 0.25) is 5.91 Å². The van der Waals surface area contributed by atoms with Crippen molar-refractivity contribution in [3.63, 3.8) is 0 Å². The van der Waals surface area contributed by atoms with Crippen LogP contribution in [-0.4, -0.2) is 11.8 Å². The first kappa shape index (κ1) is 18.0. The molecule has 0 bridgehead atoms. The summed E-state index contributed by atoms with van der Waals surface area (Å²) in [5, 5.41) is 6.11. The molecule has 2 saturated carbocycles. The van der Waals surface area contributed by atoms with Gasteiger partial charge in [0.15, 0.2) is 0 Å². The second-order valence-electron chi connectivity index (χ2n) is 7.72. The van der Waals surface area contributed by atoms with E-state index in [4.69, 9.17) is 0 Å². The second kappa shape index (κ2) is 6.95. The summed E-state index contributed by atoms with van der Waals surface area (Å²) in [6.45, 7) is 0.676. The van der Waals surface area contributed by atoms with Crippen molar-refractivity contribution >= 4 is 17.3 Å². The molecule has 3 nitrogen and oxygen atoms in total. The van der Waals surface area contributed by atoms with Crippen LogP contribution in [0.25, 0.3) is 0 Å². The van der Waals surface area contributed by atoms with Gasteiger partial charge in [-0.15, -0.1) is 0 Å². The number of anilines is 2. The van der Waals surface area contributed by atoms with E-state index in [0.717, 1.165) is 24.1 Å². The topological polar surface area (TPSA) is 41.1 Å². The van der Waals surface area contributed by atoms with Crippen LogP contribution in [0.2, 0.25) is 0 Å². The van der Waals surface area contributed by atoms with E-state index in [0.29, 0.717) is 25.1 Å². The summed E-state index contributed by atoms with van der Waals surface area (Å²) in [4.78, 5) is 12.3. The number of benzene rings is 2. The lowest BCUT2D eigenvalue weighted by Crippen LogP contribution is -2.23. The molecule has 2 aromatic rings. The number of rotatable bonds is 6. The van der Waals surface area contributed by atoms with Crippen LogP contribution < -0.4 is 10.6 Å². The Hall–Kier alpha value is -2.43. The summed E-state index contributed by atoms with van der Waals surface area (Å²) in [7, 11) is 0. The van der Waals surface area contributed by atoms with Gasteiger partial charge in [-0.2, -0.15) is 0 Å². The molecule has 4 rings (SSSR count). The number of alkyl halides is 2. The Morgan fingerprint density at radius 1 is 1.00 bits per heavy atom. The smallest absolute Gasteiger partial charge is 0.258 e. The average Bonchev–Trinajstić information content (AvgIpc) is 3.16. The summed E-state index contributed by atoms with van der Waals surface area (Å²) in [5.74, 6) is -3.58. The first-order valence-electron chi connectivity index (χ1n) is 9.57. The minimum absolute atomic E-state index is 0.0814. The first-order valence-corrected chi connectivity index (χ1v) is 9.57. The quantitative estimate of drug-likeness (QED) is 0.710. The fraction of sp³-hybridized carbons (Fsp3) is 0.409. The van der Waals surface area contributed by atoms with E-state index in [9.17, 15) is 13.6 Å². The normalized spacial score (nSPS) is 25.3. The van der Waals surface area contributed by atoms with E-state index in [-0.39, 0.29) is 12.3 Å². The Bertz CT molecular complexity index is 807. The molecule has 2 atom stereocenters. The molecule has 5 heteroatoms. The van der Waals surface area contributed by atoms with Gasteiger partial charge < -0.3 is 10.6 Å². The molecule has 0 heterocycles. The molecular weight excluding hydrogens is 346 g/mol. The third-order valence-corrected chi connectivity index (χ3v) is 6.03. The minimum Gasteiger partial charge on any atom is -0.381 e. The maximum atomic E-state index is 14.1. The average molecular weight is 370 g/mol. The molecule has 2 fully saturated rings. The number of para-hydroxylation sites is 1. The van der Waals surface area contributed by atoms with Crippen LogP contribution in [0.1, 0.15) is 37.7 Å². The fourth-order valence-electron chi connectivity index (χ4n) is 4.47. The van der Waals surface area contributed by atoms with Gasteiger partial charge in [-0.3, -0.25) is 4.79 Å². The van der Waals surface area contributed by atoms with Crippen LogP contribution in [0.15, 0.2) is 54.6 Å². The summed E-state index contributed by atoms with van der Waals surface area (Å²) in [6, 6.07) is 17.4. The second-order valence-corrected chi connectivity index (χ2v) is 7.72. The predicted molar refractivity (Wildman–Crippen MR) is 103 cm³/mol. The Morgan fingerprint density at radius 2 is 1.74 bits per heavy atom. The van der Waals surface area contributed by atoms with Gasteiger partial charge in [-0.05, 0) is 42.7 Å². The van der Waals surface area contributed by atoms with Gasteiger partial charge in [0, 0.05) is 30.3 Å². The van der Waals surface area contributed by atoms with Crippen molar-refractivity contribution in [1.82, 2.24) is 0 Å². The number of hydrogen-bond acceptors (Lipinski definition) is 2. The lowest BCUT2D eigenvalue weighted by molar-refractivity contribution is -0.118. The molecule has 2 aromatic carbocycles. The van der Waals surface area contributed by atoms with Gasteiger partial charge in [0.1, 0.15) is 0 Å². The van der Waals surface area contributed by atoms with E-state index in [1.165, 1.54) is 0 Å². The van der Waals surface area contributed by atoms with E-state index < -0.39 is 17.3 Å². The monoisotopic (exact) mass is 370 g/mol. The van der Waals surface area contributed by atoms with E-state index in [1.54, 1.807) is 0 Å². The molecule has 27 heavy (non-hydrogen) atoms. The Labute approximate surface area is 158 Å². The predicted octanol–water partition coefficient (Wildman–Crippen LogP) is 5.45. The number of nitrogens with one attached hydrogen (secondary N) is 2. The number of amides is 1. The maximum absolute atomic E-state index is 14.1. The van der Waals surface area contributed by atoms with Crippen LogP contribution >= 0.6 is 0 Å². The third-order valence-electron chi connectivity index (χ3n) is 6.03. The zero-order chi connectivity index (χ0) is 18.9. The molecule has 142 valence electrons. The number of fused-ring (bicyclic) bond motifs is 1. The van der Waals surface area contributed by atoms with Crippen LogP contribution in [-0.2, 0) is 11.3 Å². The lowest BCUT2D eigenvalue weighted by atomic mass is 9.85. The highest BCUT2D eigenvalue weighted by Crippen LogP contribution is 2.73. The van der Waals surface area contributed by atoms with Crippen molar-refractivity contribution in [2.75, 3.05) is 10.6 Å². The number of carbonyl (C=O) groups excluding carboxylic acids is 1. The van der Waals surface area contributed by atoms with Crippen LogP contribution in [0.3, 0.4) is 0 Å². The van der Waals surface area contributed by atoms with E-state index >= 15 is 0 Å². The lowest BCUT2D eigenvalue weighted by Gasteiger charge is -2.19. The molecule has 0 radical (unpaired) electrons. The number of carbonyl (C=O) groups is 1. The largest absolute Gasteiger partial charge is 0.381 e. The van der Waals surface area contributed by atoms with Crippen molar-refractivity contribution < 1.29 is 13.6 Å². The Balaban J connectivity index is 1.31. The Kier molecular flexibility index (Phi) is 4.62. The molecule has 2 unspecified atom stereocenters. The molecule has 2 aliphatic carbocycles. The minimum atomic E-state index is -2.67. The molecule has 0 aromatic heterocycles. The highest BCUT2D eigenvalue weighted by atomic mass is 19.3. The zero-order valence-corrected chi connectivity index (χ0v) is 15.2. The molecule has 2 aliphatic rings. The van der Waals surface area contributed by atoms with Gasteiger partial charge in [-0.1, -0.05) is 43.2 Å². The van der Waals surface area contributed by atoms with Crippen LogP contribution in [0.5, 0.6) is 0 Å². The number of halogens is 2. The summed E-state index contributed by atoms with van der Waals surface area (Å²) in [6.07, 6.45) is 2.57. The molecule has 1 amide bonds. The SMILES string of the molecule is O=C(CC12CCCCC1C2(F)F)Nc1ccc(CNc2ccccc2)cc1. The maximum Gasteiger partial charge on any atom is 0.258 e. The number of hydrogen-bond donors (Lipinski definition) is 2. The first-order chi connectivity index (χ1) is 13.0. The van der Waals surface area contributed by atoms with E-state index in [2.05, 4.69) is 10.6 Å². The molecule has 0 aliphatic heterocycles. The van der Waals surface area contributed by atoms with Crippen molar-refractivity contribution in [2.24, 2.45) is 11.3 Å². The molecule has 0 spiro atoms. The fourth-order valence-corrected chi connectivity index (χ4v) is 4.47. The third kappa shape index (κ3) is 3.43. The van der Waals surface area contributed by atoms with Gasteiger partial charge in [-0.25, -0.2) is 8.78 Å². The zero-order valence-electron chi connectivity index (χ0n) is 15.2. The highest BCUT2D eigenvalue weighted by Gasteiger charge is 2.80. The van der Waals surface area contributed by atoms with Crippen molar-refractivity contribution in [3.05, 3.63) is 60.2 Å². The van der Waals surface area contributed by atoms with Crippen LogP contribution in [0, 0.1) is 11.3 Å². The molecular formula is C22H24F2N2O. The van der Waals surface area contributed by atoms with Crippen LogP contribution in [0.4, 0.5) is 20.2 Å².